The fraction of sp³-hybridized carbons (Fsp3) is 0.320. The first-order valence-electron chi connectivity index (χ1n) is 10.8. The number of benzene rings is 2. The minimum absolute atomic E-state index is 0.163. The van der Waals surface area contributed by atoms with Gasteiger partial charge < -0.3 is 10.1 Å². The lowest BCUT2D eigenvalue weighted by molar-refractivity contribution is -0.116. The van der Waals surface area contributed by atoms with E-state index in [9.17, 15) is 4.79 Å². The molecule has 2 heterocycles. The molecule has 0 saturated carbocycles. The minimum Gasteiger partial charge on any atom is -0.494 e. The van der Waals surface area contributed by atoms with E-state index in [4.69, 9.17) is 4.74 Å². The highest BCUT2D eigenvalue weighted by molar-refractivity contribution is 6.00. The first-order chi connectivity index (χ1) is 15.0. The summed E-state index contributed by atoms with van der Waals surface area (Å²) in [7, 11) is 0. The molecule has 0 amide bonds. The van der Waals surface area contributed by atoms with E-state index in [2.05, 4.69) is 46.6 Å². The van der Waals surface area contributed by atoms with Gasteiger partial charge in [-0.2, -0.15) is 10.1 Å². The number of Topliss-reactive ketones (excluding diaryl/α,β-unsaturated/α-hetero) is 1. The van der Waals surface area contributed by atoms with Crippen LogP contribution >= 0.6 is 0 Å². The third-order valence-electron chi connectivity index (χ3n) is 6.08. The summed E-state index contributed by atoms with van der Waals surface area (Å²) in [6, 6.07) is 16.2. The Hall–Kier alpha value is -3.41. The van der Waals surface area contributed by atoms with E-state index in [0.717, 1.165) is 29.0 Å². The Morgan fingerprint density at radius 2 is 1.74 bits per heavy atom. The van der Waals surface area contributed by atoms with Crippen molar-refractivity contribution >= 4 is 11.7 Å². The van der Waals surface area contributed by atoms with Crippen LogP contribution in [-0.4, -0.2) is 27.2 Å². The van der Waals surface area contributed by atoms with Gasteiger partial charge in [0.15, 0.2) is 5.78 Å². The van der Waals surface area contributed by atoms with Gasteiger partial charge in [0.1, 0.15) is 17.6 Å². The highest BCUT2D eigenvalue weighted by Crippen LogP contribution is 2.44. The molecular formula is C25H26N4O2. The number of carbonyl (C=O) groups excluding carboxylic acids is 1. The van der Waals surface area contributed by atoms with Crippen molar-refractivity contribution in [3.63, 3.8) is 0 Å². The van der Waals surface area contributed by atoms with Gasteiger partial charge in [-0.25, -0.2) is 4.68 Å². The van der Waals surface area contributed by atoms with Gasteiger partial charge in [0.05, 0.1) is 6.61 Å². The summed E-state index contributed by atoms with van der Waals surface area (Å²) in [5.41, 5.74) is 5.19. The van der Waals surface area contributed by atoms with Crippen molar-refractivity contribution in [2.24, 2.45) is 0 Å². The number of rotatable bonds is 4. The maximum atomic E-state index is 13.5. The Morgan fingerprint density at radius 1 is 1.03 bits per heavy atom. The minimum atomic E-state index is -0.283. The van der Waals surface area contributed by atoms with Gasteiger partial charge in [-0.3, -0.25) is 4.79 Å². The van der Waals surface area contributed by atoms with Crippen molar-refractivity contribution in [1.82, 2.24) is 14.8 Å². The third kappa shape index (κ3) is 3.52. The molecular weight excluding hydrogens is 388 g/mol. The number of anilines is 1. The van der Waals surface area contributed by atoms with Crippen LogP contribution in [0.4, 0.5) is 5.95 Å². The summed E-state index contributed by atoms with van der Waals surface area (Å²) in [6.45, 7) is 6.54. The lowest BCUT2D eigenvalue weighted by Crippen LogP contribution is -2.33. The molecule has 1 N–H and O–H groups in total. The quantitative estimate of drug-likeness (QED) is 0.670. The number of nitrogens with zero attached hydrogens (tertiary/aromatic N) is 3. The zero-order valence-corrected chi connectivity index (χ0v) is 18.1. The van der Waals surface area contributed by atoms with Gasteiger partial charge in [0.2, 0.25) is 5.95 Å². The monoisotopic (exact) mass is 414 g/mol. The smallest absolute Gasteiger partial charge is 0.226 e. The highest BCUT2D eigenvalue weighted by atomic mass is 16.5. The van der Waals surface area contributed by atoms with Crippen molar-refractivity contribution in [2.45, 2.75) is 45.6 Å². The summed E-state index contributed by atoms with van der Waals surface area (Å²) in [5.74, 6) is 2.51. The summed E-state index contributed by atoms with van der Waals surface area (Å²) in [4.78, 5) is 18.0. The van der Waals surface area contributed by atoms with Gasteiger partial charge in [0.25, 0.3) is 0 Å². The Balaban J connectivity index is 1.56. The lowest BCUT2D eigenvalue weighted by atomic mass is 9.78. The zero-order valence-electron chi connectivity index (χ0n) is 18.1. The summed E-state index contributed by atoms with van der Waals surface area (Å²) < 4.78 is 7.44. The topological polar surface area (TPSA) is 69.0 Å². The van der Waals surface area contributed by atoms with Gasteiger partial charge >= 0.3 is 0 Å². The highest BCUT2D eigenvalue weighted by Gasteiger charge is 2.39. The van der Waals surface area contributed by atoms with Crippen LogP contribution in [0.2, 0.25) is 0 Å². The van der Waals surface area contributed by atoms with Gasteiger partial charge in [-0.1, -0.05) is 42.0 Å². The second-order valence-electron chi connectivity index (χ2n) is 8.29. The fourth-order valence-electron chi connectivity index (χ4n) is 4.61. The van der Waals surface area contributed by atoms with Crippen LogP contribution in [0.25, 0.3) is 0 Å². The van der Waals surface area contributed by atoms with E-state index in [1.165, 1.54) is 11.1 Å². The van der Waals surface area contributed by atoms with Crippen molar-refractivity contribution in [3.8, 4) is 5.75 Å². The molecule has 158 valence electrons. The number of aromatic nitrogens is 3. The van der Waals surface area contributed by atoms with Crippen molar-refractivity contribution in [2.75, 3.05) is 11.9 Å². The first-order valence-corrected chi connectivity index (χ1v) is 10.8. The third-order valence-corrected chi connectivity index (χ3v) is 6.08. The number of hydrogen-bond donors (Lipinski definition) is 1. The van der Waals surface area contributed by atoms with E-state index in [1.807, 2.05) is 42.8 Å². The molecule has 0 fully saturated rings. The standard InChI is InChI=1S/C25H26N4O2/c1-4-31-20-11-9-18(10-12-20)24-23-21(27-25-26-16(3)28-29(24)25)13-19(14-22(23)30)17-7-5-15(2)6-8-17/h5-12,19,24H,4,13-14H2,1-3H3,(H,26,27,28)/t19-,24+/m1/s1. The van der Waals surface area contributed by atoms with Crippen molar-refractivity contribution in [1.29, 1.82) is 0 Å². The molecule has 31 heavy (non-hydrogen) atoms. The number of ketones is 1. The normalized spacial score (nSPS) is 20.2. The van der Waals surface area contributed by atoms with E-state index in [0.29, 0.717) is 24.8 Å². The molecule has 2 atom stereocenters. The Kier molecular flexibility index (Phi) is 4.85. The average molecular weight is 415 g/mol. The van der Waals surface area contributed by atoms with Gasteiger partial charge in [0, 0.05) is 17.7 Å². The number of aryl methyl sites for hydroxylation is 2. The van der Waals surface area contributed by atoms with E-state index in [-0.39, 0.29) is 17.7 Å². The van der Waals surface area contributed by atoms with Crippen LogP contribution in [0.5, 0.6) is 5.75 Å². The summed E-state index contributed by atoms with van der Waals surface area (Å²) in [5, 5.41) is 8.02. The summed E-state index contributed by atoms with van der Waals surface area (Å²) in [6.07, 6.45) is 1.28. The van der Waals surface area contributed by atoms with Gasteiger partial charge in [-0.05, 0) is 56.4 Å². The average Bonchev–Trinajstić information content (AvgIpc) is 3.13. The number of hydrogen-bond acceptors (Lipinski definition) is 5. The predicted molar refractivity (Wildman–Crippen MR) is 119 cm³/mol. The molecule has 0 radical (unpaired) electrons. The van der Waals surface area contributed by atoms with E-state index < -0.39 is 0 Å². The maximum absolute atomic E-state index is 13.5. The molecule has 0 saturated heterocycles. The van der Waals surface area contributed by atoms with Gasteiger partial charge in [-0.15, -0.1) is 0 Å². The largest absolute Gasteiger partial charge is 0.494 e. The molecule has 5 rings (SSSR count). The van der Waals surface area contributed by atoms with Crippen LogP contribution in [-0.2, 0) is 4.79 Å². The second-order valence-corrected chi connectivity index (χ2v) is 8.29. The van der Waals surface area contributed by atoms with Crippen LogP contribution in [0.1, 0.15) is 54.2 Å². The molecule has 1 aliphatic heterocycles. The number of nitrogens with one attached hydrogen (secondary N) is 1. The molecule has 3 aromatic rings. The second kappa shape index (κ2) is 7.69. The molecule has 0 spiro atoms. The maximum Gasteiger partial charge on any atom is 0.226 e. The lowest BCUT2D eigenvalue weighted by Gasteiger charge is -2.35. The fourth-order valence-corrected chi connectivity index (χ4v) is 4.61. The van der Waals surface area contributed by atoms with E-state index >= 15 is 0 Å². The Labute approximate surface area is 182 Å². The molecule has 2 aliphatic rings. The zero-order chi connectivity index (χ0) is 21.5. The van der Waals surface area contributed by atoms with Crippen molar-refractivity contribution in [3.05, 3.63) is 82.3 Å². The SMILES string of the molecule is CCOc1ccc([C@H]2C3=C(C[C@@H](c4ccc(C)cc4)CC3=O)Nc3nc(C)nn32)cc1. The molecule has 0 unspecified atom stereocenters. The Bertz CT molecular complexity index is 1160. The number of fused-ring (bicyclic) bond motifs is 1. The van der Waals surface area contributed by atoms with E-state index in [1.54, 1.807) is 0 Å². The van der Waals surface area contributed by atoms with Crippen LogP contribution in [0.3, 0.4) is 0 Å². The molecule has 1 aliphatic carbocycles. The number of allylic oxidation sites excluding steroid dienone is 2. The molecule has 2 aromatic carbocycles. The van der Waals surface area contributed by atoms with Crippen LogP contribution < -0.4 is 10.1 Å². The number of ether oxygens (including phenoxy) is 1. The van der Waals surface area contributed by atoms with Crippen molar-refractivity contribution < 1.29 is 9.53 Å². The molecule has 6 nitrogen and oxygen atoms in total. The Morgan fingerprint density at radius 3 is 2.45 bits per heavy atom. The van der Waals surface area contributed by atoms with Crippen LogP contribution in [0, 0.1) is 13.8 Å². The predicted octanol–water partition coefficient (Wildman–Crippen LogP) is 4.71. The first kappa shape index (κ1) is 19.5. The molecule has 6 heteroatoms. The molecule has 1 aromatic heterocycles. The van der Waals surface area contributed by atoms with Crippen LogP contribution in [0.15, 0.2) is 59.8 Å². The number of carbonyl (C=O) groups is 1. The molecule has 0 bridgehead atoms. The summed E-state index contributed by atoms with van der Waals surface area (Å²) >= 11 is 0.